The summed E-state index contributed by atoms with van der Waals surface area (Å²) in [5, 5.41) is 0. The van der Waals surface area contributed by atoms with E-state index in [0.29, 0.717) is 17.3 Å². The Bertz CT molecular complexity index is 730. The third-order valence-corrected chi connectivity index (χ3v) is 4.67. The number of hydrogen-bond donors (Lipinski definition) is 1. The Kier molecular flexibility index (Phi) is 4.04. The molecule has 0 spiro atoms. The van der Waals surface area contributed by atoms with Crippen LogP contribution in [0.15, 0.2) is 47.4 Å². The first-order valence-corrected chi connectivity index (χ1v) is 7.56. The van der Waals surface area contributed by atoms with Crippen molar-refractivity contribution in [3.63, 3.8) is 0 Å². The summed E-state index contributed by atoms with van der Waals surface area (Å²) in [6.45, 7) is 0. The molecule has 0 aliphatic rings. The van der Waals surface area contributed by atoms with Crippen LogP contribution in [0.4, 0.5) is 14.5 Å². The van der Waals surface area contributed by atoms with Crippen molar-refractivity contribution in [3.05, 3.63) is 59.7 Å². The first-order valence-electron chi connectivity index (χ1n) is 5.91. The second-order valence-electron chi connectivity index (χ2n) is 4.34. The van der Waals surface area contributed by atoms with Crippen LogP contribution in [0.5, 0.6) is 0 Å². The highest BCUT2D eigenvalue weighted by atomic mass is 32.2. The topological polar surface area (TPSA) is 60.2 Å². The molecule has 0 aromatic heterocycles. The number of benzene rings is 2. The van der Waals surface area contributed by atoms with E-state index >= 15 is 0 Å². The summed E-state index contributed by atoms with van der Waals surface area (Å²) in [7, 11) is -3.82. The van der Waals surface area contributed by atoms with Gasteiger partial charge in [0.25, 0.3) is 0 Å². The fourth-order valence-corrected chi connectivity index (χ4v) is 3.18. The van der Waals surface area contributed by atoms with Crippen molar-refractivity contribution < 1.29 is 17.2 Å². The molecule has 0 aliphatic carbocycles. The van der Waals surface area contributed by atoms with E-state index in [-0.39, 0.29) is 12.2 Å². The molecule has 2 N–H and O–H groups in total. The van der Waals surface area contributed by atoms with Crippen molar-refractivity contribution in [1.29, 1.82) is 0 Å². The average molecular weight is 297 g/mol. The van der Waals surface area contributed by atoms with Gasteiger partial charge < -0.3 is 5.73 Å². The second kappa shape index (κ2) is 5.58. The third-order valence-electron chi connectivity index (χ3n) is 2.92. The monoisotopic (exact) mass is 297 g/mol. The molecule has 3 nitrogen and oxygen atoms in total. The molecule has 106 valence electrons. The van der Waals surface area contributed by atoms with Gasteiger partial charge in [-0.3, -0.25) is 0 Å². The van der Waals surface area contributed by atoms with Crippen LogP contribution in [0.3, 0.4) is 0 Å². The van der Waals surface area contributed by atoms with E-state index in [1.807, 2.05) is 0 Å². The van der Waals surface area contributed by atoms with Crippen LogP contribution in [0.2, 0.25) is 0 Å². The number of sulfone groups is 1. The SMILES string of the molecule is Nc1ccccc1CCS(=O)(=O)c1ccc(F)cc1F. The molecule has 0 atom stereocenters. The van der Waals surface area contributed by atoms with Gasteiger partial charge in [-0.25, -0.2) is 17.2 Å². The minimum absolute atomic E-state index is 0.172. The maximum Gasteiger partial charge on any atom is 0.181 e. The summed E-state index contributed by atoms with van der Waals surface area (Å²) in [5.41, 5.74) is 6.89. The van der Waals surface area contributed by atoms with Crippen molar-refractivity contribution in [2.45, 2.75) is 11.3 Å². The summed E-state index contributed by atoms with van der Waals surface area (Å²) in [6.07, 6.45) is 0.172. The highest BCUT2D eigenvalue weighted by Gasteiger charge is 2.19. The highest BCUT2D eigenvalue weighted by molar-refractivity contribution is 7.91. The number of para-hydroxylation sites is 1. The Morgan fingerprint density at radius 3 is 2.40 bits per heavy atom. The summed E-state index contributed by atoms with van der Waals surface area (Å²) in [4.78, 5) is -0.492. The molecule has 6 heteroatoms. The molecule has 20 heavy (non-hydrogen) atoms. The van der Waals surface area contributed by atoms with Gasteiger partial charge in [0.05, 0.1) is 5.75 Å². The maximum absolute atomic E-state index is 13.5. The van der Waals surface area contributed by atoms with Crippen LogP contribution in [0.1, 0.15) is 5.56 Å². The van der Waals surface area contributed by atoms with Gasteiger partial charge in [-0.05, 0) is 30.2 Å². The largest absolute Gasteiger partial charge is 0.399 e. The smallest absolute Gasteiger partial charge is 0.181 e. The van der Waals surface area contributed by atoms with Crippen LogP contribution in [0.25, 0.3) is 0 Å². The Labute approximate surface area is 116 Å². The van der Waals surface area contributed by atoms with Crippen molar-refractivity contribution in [2.75, 3.05) is 11.5 Å². The van der Waals surface area contributed by atoms with Gasteiger partial charge in [0, 0.05) is 11.8 Å². The zero-order chi connectivity index (χ0) is 14.8. The number of anilines is 1. The van der Waals surface area contributed by atoms with E-state index in [1.54, 1.807) is 24.3 Å². The lowest BCUT2D eigenvalue weighted by molar-refractivity contribution is 0.549. The molecule has 0 unspecified atom stereocenters. The lowest BCUT2D eigenvalue weighted by Crippen LogP contribution is -2.12. The minimum Gasteiger partial charge on any atom is -0.399 e. The predicted octanol–water partition coefficient (Wildman–Crippen LogP) is 2.56. The summed E-state index contributed by atoms with van der Waals surface area (Å²) < 4.78 is 50.4. The van der Waals surface area contributed by atoms with Gasteiger partial charge in [0.15, 0.2) is 9.84 Å². The Morgan fingerprint density at radius 2 is 1.75 bits per heavy atom. The summed E-state index contributed by atoms with van der Waals surface area (Å²) >= 11 is 0. The molecule has 0 aliphatic heterocycles. The van der Waals surface area contributed by atoms with Crippen molar-refractivity contribution in [3.8, 4) is 0 Å². The molecule has 0 fully saturated rings. The first-order chi connectivity index (χ1) is 9.40. The molecular weight excluding hydrogens is 284 g/mol. The number of nitrogen functional groups attached to an aromatic ring is 1. The number of aryl methyl sites for hydroxylation is 1. The molecule has 2 aromatic carbocycles. The van der Waals surface area contributed by atoms with E-state index < -0.39 is 26.4 Å². The minimum atomic E-state index is -3.82. The van der Waals surface area contributed by atoms with E-state index in [4.69, 9.17) is 5.73 Å². The van der Waals surface area contributed by atoms with E-state index in [0.717, 1.165) is 12.1 Å². The third kappa shape index (κ3) is 3.14. The van der Waals surface area contributed by atoms with Gasteiger partial charge in [0.1, 0.15) is 16.5 Å². The fraction of sp³-hybridized carbons (Fsp3) is 0.143. The predicted molar refractivity (Wildman–Crippen MR) is 73.0 cm³/mol. The second-order valence-corrected chi connectivity index (χ2v) is 6.42. The Hall–Kier alpha value is -1.95. The van der Waals surface area contributed by atoms with Crippen molar-refractivity contribution in [2.24, 2.45) is 0 Å². The number of halogens is 2. The molecule has 0 radical (unpaired) electrons. The fourth-order valence-electron chi connectivity index (χ4n) is 1.84. The molecule has 2 aromatic rings. The van der Waals surface area contributed by atoms with Crippen LogP contribution in [-0.2, 0) is 16.3 Å². The van der Waals surface area contributed by atoms with Crippen LogP contribution < -0.4 is 5.73 Å². The lowest BCUT2D eigenvalue weighted by atomic mass is 10.1. The zero-order valence-electron chi connectivity index (χ0n) is 10.5. The highest BCUT2D eigenvalue weighted by Crippen LogP contribution is 2.19. The molecular formula is C14H13F2NO2S. The van der Waals surface area contributed by atoms with E-state index in [2.05, 4.69) is 0 Å². The number of nitrogens with two attached hydrogens (primary N) is 1. The van der Waals surface area contributed by atoms with Gasteiger partial charge in [-0.1, -0.05) is 18.2 Å². The molecule has 2 rings (SSSR count). The standard InChI is InChI=1S/C14H13F2NO2S/c15-11-5-6-14(12(16)9-11)20(18,19)8-7-10-3-1-2-4-13(10)17/h1-6,9H,7-8,17H2. The summed E-state index contributed by atoms with van der Waals surface area (Å²) in [6, 6.07) is 9.29. The van der Waals surface area contributed by atoms with Gasteiger partial charge in [-0.2, -0.15) is 0 Å². The van der Waals surface area contributed by atoms with Gasteiger partial charge in [-0.15, -0.1) is 0 Å². The zero-order valence-corrected chi connectivity index (χ0v) is 11.3. The molecule has 0 saturated heterocycles. The van der Waals surface area contributed by atoms with E-state index in [1.165, 1.54) is 0 Å². The molecule has 0 bridgehead atoms. The van der Waals surface area contributed by atoms with Gasteiger partial charge >= 0.3 is 0 Å². The van der Waals surface area contributed by atoms with Gasteiger partial charge in [0.2, 0.25) is 0 Å². The summed E-state index contributed by atoms with van der Waals surface area (Å²) in [5.74, 6) is -2.18. The van der Waals surface area contributed by atoms with Crippen molar-refractivity contribution >= 4 is 15.5 Å². The van der Waals surface area contributed by atoms with Crippen LogP contribution in [-0.4, -0.2) is 14.2 Å². The normalized spacial score (nSPS) is 11.5. The molecule has 0 amide bonds. The Morgan fingerprint density at radius 1 is 1.05 bits per heavy atom. The van der Waals surface area contributed by atoms with Crippen LogP contribution in [0, 0.1) is 11.6 Å². The van der Waals surface area contributed by atoms with E-state index in [9.17, 15) is 17.2 Å². The number of rotatable bonds is 4. The number of hydrogen-bond acceptors (Lipinski definition) is 3. The maximum atomic E-state index is 13.5. The molecule has 0 heterocycles. The molecule has 0 saturated carbocycles. The quantitative estimate of drug-likeness (QED) is 0.697. The Balaban J connectivity index is 2.22. The van der Waals surface area contributed by atoms with Crippen LogP contribution >= 0.6 is 0 Å². The van der Waals surface area contributed by atoms with Crippen molar-refractivity contribution in [1.82, 2.24) is 0 Å². The first kappa shape index (κ1) is 14.5. The lowest BCUT2D eigenvalue weighted by Gasteiger charge is -2.07. The average Bonchev–Trinajstić information content (AvgIpc) is 2.37.